The molecule has 1 aliphatic rings. The molecule has 0 aliphatic carbocycles. The van der Waals surface area contributed by atoms with Gasteiger partial charge < -0.3 is 10.0 Å². The highest BCUT2D eigenvalue weighted by atomic mass is 16.4. The number of carboxylic acid groups (broad SMARTS) is 1. The van der Waals surface area contributed by atoms with E-state index >= 15 is 0 Å². The number of aromatic nitrogens is 1. The summed E-state index contributed by atoms with van der Waals surface area (Å²) in [6.07, 6.45) is 5.61. The molecule has 0 aromatic carbocycles. The minimum atomic E-state index is -1.08. The lowest BCUT2D eigenvalue weighted by Gasteiger charge is -2.36. The molecule has 0 saturated carbocycles. The minimum Gasteiger partial charge on any atom is -0.477 e. The predicted molar refractivity (Wildman–Crippen MR) is 79.3 cm³/mol. The number of carbonyl (C=O) groups is 2. The van der Waals surface area contributed by atoms with E-state index in [1.165, 1.54) is 12.3 Å². The van der Waals surface area contributed by atoms with E-state index in [9.17, 15) is 9.59 Å². The number of rotatable bonds is 4. The highest BCUT2D eigenvalue weighted by Crippen LogP contribution is 2.24. The van der Waals surface area contributed by atoms with Crippen molar-refractivity contribution in [2.75, 3.05) is 6.54 Å². The van der Waals surface area contributed by atoms with Crippen LogP contribution in [-0.2, 0) is 0 Å². The van der Waals surface area contributed by atoms with Crippen LogP contribution in [0.25, 0.3) is 0 Å². The van der Waals surface area contributed by atoms with Gasteiger partial charge >= 0.3 is 5.97 Å². The van der Waals surface area contributed by atoms with Crippen LogP contribution in [0.4, 0.5) is 0 Å². The van der Waals surface area contributed by atoms with E-state index in [-0.39, 0.29) is 17.6 Å². The molecule has 1 aromatic rings. The van der Waals surface area contributed by atoms with Gasteiger partial charge in [-0.1, -0.05) is 13.8 Å². The fraction of sp³-hybridized carbons (Fsp3) is 0.562. The molecule has 2 heterocycles. The van der Waals surface area contributed by atoms with E-state index in [0.717, 1.165) is 32.2 Å². The molecule has 1 aliphatic heterocycles. The third kappa shape index (κ3) is 3.80. The normalized spacial score (nSPS) is 18.8. The fourth-order valence-corrected chi connectivity index (χ4v) is 2.87. The number of carboxylic acids is 1. The summed E-state index contributed by atoms with van der Waals surface area (Å²) < 4.78 is 0. The zero-order valence-corrected chi connectivity index (χ0v) is 12.6. The van der Waals surface area contributed by atoms with Crippen molar-refractivity contribution in [2.24, 2.45) is 5.92 Å². The number of carbonyl (C=O) groups excluding carboxylic acids is 1. The number of likely N-dealkylation sites (tertiary alicyclic amines) is 1. The Hall–Kier alpha value is -1.91. The molecule has 0 radical (unpaired) electrons. The lowest BCUT2D eigenvalue weighted by Crippen LogP contribution is -2.44. The molecule has 0 spiro atoms. The second-order valence-corrected chi connectivity index (χ2v) is 6.01. The summed E-state index contributed by atoms with van der Waals surface area (Å²) >= 11 is 0. The van der Waals surface area contributed by atoms with Crippen molar-refractivity contribution >= 4 is 11.9 Å². The van der Waals surface area contributed by atoms with Crippen molar-refractivity contribution in [2.45, 2.75) is 45.6 Å². The molecular weight excluding hydrogens is 268 g/mol. The summed E-state index contributed by atoms with van der Waals surface area (Å²) in [6, 6.07) is 3.22. The van der Waals surface area contributed by atoms with Crippen LogP contribution >= 0.6 is 0 Å². The van der Waals surface area contributed by atoms with Crippen LogP contribution in [0.15, 0.2) is 18.3 Å². The molecule has 0 bridgehead atoms. The summed E-state index contributed by atoms with van der Waals surface area (Å²) in [5.41, 5.74) is 0.430. The van der Waals surface area contributed by atoms with Gasteiger partial charge in [-0.3, -0.25) is 4.79 Å². The summed E-state index contributed by atoms with van der Waals surface area (Å²) in [7, 11) is 0. The third-order valence-electron chi connectivity index (χ3n) is 3.86. The molecule has 1 atom stereocenters. The number of hydrogen-bond donors (Lipinski definition) is 1. The number of hydrogen-bond acceptors (Lipinski definition) is 3. The molecule has 1 aromatic heterocycles. The first kappa shape index (κ1) is 15.5. The standard InChI is InChI=1S/C16H22N2O3/c1-11(2)9-13-5-3-4-8-18(13)15(19)12-6-7-14(16(20)21)17-10-12/h6-7,10-11,13H,3-5,8-9H2,1-2H3,(H,20,21). The molecule has 1 amide bonds. The van der Waals surface area contributed by atoms with Crippen molar-refractivity contribution in [3.8, 4) is 0 Å². The molecule has 1 fully saturated rings. The summed E-state index contributed by atoms with van der Waals surface area (Å²) in [5.74, 6) is -0.564. The lowest BCUT2D eigenvalue weighted by atomic mass is 9.93. The first-order valence-corrected chi connectivity index (χ1v) is 7.49. The number of piperidine rings is 1. The van der Waals surface area contributed by atoms with Gasteiger partial charge in [0.05, 0.1) is 5.56 Å². The minimum absolute atomic E-state index is 0.0372. The van der Waals surface area contributed by atoms with Gasteiger partial charge in [0.1, 0.15) is 5.69 Å². The van der Waals surface area contributed by atoms with Gasteiger partial charge in [0, 0.05) is 18.8 Å². The van der Waals surface area contributed by atoms with Crippen molar-refractivity contribution < 1.29 is 14.7 Å². The van der Waals surface area contributed by atoms with Crippen molar-refractivity contribution in [3.63, 3.8) is 0 Å². The number of amides is 1. The number of aromatic carboxylic acids is 1. The molecule has 5 nitrogen and oxygen atoms in total. The molecular formula is C16H22N2O3. The fourth-order valence-electron chi connectivity index (χ4n) is 2.87. The van der Waals surface area contributed by atoms with Crippen LogP contribution in [-0.4, -0.2) is 39.5 Å². The molecule has 1 N–H and O–H groups in total. The largest absolute Gasteiger partial charge is 0.477 e. The Balaban J connectivity index is 2.14. The second-order valence-electron chi connectivity index (χ2n) is 6.01. The van der Waals surface area contributed by atoms with Crippen molar-refractivity contribution in [3.05, 3.63) is 29.6 Å². The first-order chi connectivity index (χ1) is 9.99. The van der Waals surface area contributed by atoms with Crippen LogP contribution < -0.4 is 0 Å². The van der Waals surface area contributed by atoms with Crippen LogP contribution in [0, 0.1) is 5.92 Å². The monoisotopic (exact) mass is 290 g/mol. The Labute approximate surface area is 125 Å². The average Bonchev–Trinajstić information content (AvgIpc) is 2.46. The number of nitrogens with zero attached hydrogens (tertiary/aromatic N) is 2. The summed E-state index contributed by atoms with van der Waals surface area (Å²) in [4.78, 5) is 29.2. The van der Waals surface area contributed by atoms with Crippen LogP contribution in [0.1, 0.15) is 60.4 Å². The van der Waals surface area contributed by atoms with E-state index < -0.39 is 5.97 Å². The Morgan fingerprint density at radius 3 is 2.71 bits per heavy atom. The zero-order valence-electron chi connectivity index (χ0n) is 12.6. The van der Waals surface area contributed by atoms with Crippen molar-refractivity contribution in [1.82, 2.24) is 9.88 Å². The van der Waals surface area contributed by atoms with E-state index in [1.807, 2.05) is 4.90 Å². The quantitative estimate of drug-likeness (QED) is 0.925. The maximum Gasteiger partial charge on any atom is 0.354 e. The van der Waals surface area contributed by atoms with Gasteiger partial charge in [0.25, 0.3) is 5.91 Å². The molecule has 2 rings (SSSR count). The SMILES string of the molecule is CC(C)CC1CCCCN1C(=O)c1ccc(C(=O)O)nc1. The third-order valence-corrected chi connectivity index (χ3v) is 3.86. The lowest BCUT2D eigenvalue weighted by molar-refractivity contribution is 0.0581. The highest BCUT2D eigenvalue weighted by Gasteiger charge is 2.28. The highest BCUT2D eigenvalue weighted by molar-refractivity contribution is 5.95. The summed E-state index contributed by atoms with van der Waals surface area (Å²) in [5, 5.41) is 8.85. The van der Waals surface area contributed by atoms with Crippen molar-refractivity contribution in [1.29, 1.82) is 0 Å². The predicted octanol–water partition coefficient (Wildman–Crippen LogP) is 2.82. The maximum atomic E-state index is 12.6. The molecule has 1 saturated heterocycles. The van der Waals surface area contributed by atoms with Gasteiger partial charge in [-0.25, -0.2) is 9.78 Å². The molecule has 114 valence electrons. The van der Waals surface area contributed by atoms with Crippen LogP contribution in [0.3, 0.4) is 0 Å². The Morgan fingerprint density at radius 2 is 2.14 bits per heavy atom. The maximum absolute atomic E-state index is 12.6. The Morgan fingerprint density at radius 1 is 1.38 bits per heavy atom. The van der Waals surface area contributed by atoms with Gasteiger partial charge in [-0.2, -0.15) is 0 Å². The van der Waals surface area contributed by atoms with Crippen LogP contribution in [0.5, 0.6) is 0 Å². The molecule has 21 heavy (non-hydrogen) atoms. The van der Waals surface area contributed by atoms with E-state index in [1.54, 1.807) is 6.07 Å². The van der Waals surface area contributed by atoms with Gasteiger partial charge in [0.2, 0.25) is 0 Å². The second kappa shape index (κ2) is 6.70. The first-order valence-electron chi connectivity index (χ1n) is 7.49. The zero-order chi connectivity index (χ0) is 15.4. The molecule has 1 unspecified atom stereocenters. The number of pyridine rings is 1. The van der Waals surface area contributed by atoms with E-state index in [2.05, 4.69) is 18.8 Å². The van der Waals surface area contributed by atoms with Gasteiger partial charge in [0.15, 0.2) is 0 Å². The van der Waals surface area contributed by atoms with E-state index in [4.69, 9.17) is 5.11 Å². The van der Waals surface area contributed by atoms with Crippen LogP contribution in [0.2, 0.25) is 0 Å². The Bertz CT molecular complexity index is 511. The Kier molecular flexibility index (Phi) is 4.94. The summed E-state index contributed by atoms with van der Waals surface area (Å²) in [6.45, 7) is 5.11. The van der Waals surface area contributed by atoms with Gasteiger partial charge in [-0.15, -0.1) is 0 Å². The average molecular weight is 290 g/mol. The smallest absolute Gasteiger partial charge is 0.354 e. The van der Waals surface area contributed by atoms with E-state index in [0.29, 0.717) is 11.5 Å². The topological polar surface area (TPSA) is 70.5 Å². The molecule has 5 heteroatoms. The van der Waals surface area contributed by atoms with Gasteiger partial charge in [-0.05, 0) is 43.7 Å².